The highest BCUT2D eigenvalue weighted by atomic mass is 16.5. The number of fused-ring (bicyclic) bond motifs is 2. The molecule has 2 heterocycles. The monoisotopic (exact) mass is 232 g/mol. The minimum atomic E-state index is -0.0183. The highest BCUT2D eigenvalue weighted by molar-refractivity contribution is 5.93. The van der Waals surface area contributed by atoms with Crippen LogP contribution in [-0.2, 0) is 9.53 Å². The van der Waals surface area contributed by atoms with Crippen LogP contribution in [0.3, 0.4) is 0 Å². The number of nitrogens with one attached hydrogen (secondary N) is 2. The Morgan fingerprint density at radius 3 is 2.88 bits per heavy atom. The molecule has 0 unspecified atom stereocenters. The molecule has 4 heteroatoms. The second-order valence-electron chi connectivity index (χ2n) is 4.65. The molecule has 2 bridgehead atoms. The molecule has 0 aromatic heterocycles. The van der Waals surface area contributed by atoms with E-state index in [4.69, 9.17) is 4.74 Å². The number of ether oxygens (including phenoxy) is 1. The Morgan fingerprint density at radius 2 is 2.12 bits per heavy atom. The van der Waals surface area contributed by atoms with Crippen molar-refractivity contribution in [2.45, 2.75) is 18.6 Å². The van der Waals surface area contributed by atoms with Crippen LogP contribution >= 0.6 is 0 Å². The predicted octanol–water partition coefficient (Wildman–Crippen LogP) is 1.00. The van der Waals surface area contributed by atoms with E-state index in [1.165, 1.54) is 0 Å². The molecule has 0 aliphatic carbocycles. The second-order valence-corrected chi connectivity index (χ2v) is 4.65. The van der Waals surface area contributed by atoms with Gasteiger partial charge in [-0.1, -0.05) is 18.2 Å². The van der Waals surface area contributed by atoms with Crippen LogP contribution in [0.4, 0.5) is 5.69 Å². The van der Waals surface area contributed by atoms with Crippen molar-refractivity contribution < 1.29 is 9.53 Å². The van der Waals surface area contributed by atoms with Gasteiger partial charge in [0.05, 0.1) is 18.1 Å². The largest absolute Gasteiger partial charge is 0.371 e. The Bertz CT molecular complexity index is 407. The summed E-state index contributed by atoms with van der Waals surface area (Å²) in [4.78, 5) is 12.1. The van der Waals surface area contributed by atoms with E-state index in [-0.39, 0.29) is 24.0 Å². The Kier molecular flexibility index (Phi) is 2.82. The Hall–Kier alpha value is -1.39. The van der Waals surface area contributed by atoms with E-state index in [1.54, 1.807) is 0 Å². The quantitative estimate of drug-likeness (QED) is 0.800. The van der Waals surface area contributed by atoms with Crippen molar-refractivity contribution in [2.24, 2.45) is 5.92 Å². The van der Waals surface area contributed by atoms with Crippen molar-refractivity contribution in [3.63, 3.8) is 0 Å². The molecule has 90 valence electrons. The maximum absolute atomic E-state index is 12.1. The number of para-hydroxylation sites is 1. The van der Waals surface area contributed by atoms with E-state index >= 15 is 0 Å². The summed E-state index contributed by atoms with van der Waals surface area (Å²) < 4.78 is 5.75. The number of carbonyl (C=O) groups excluding carboxylic acids is 1. The predicted molar refractivity (Wildman–Crippen MR) is 64.7 cm³/mol. The van der Waals surface area contributed by atoms with Gasteiger partial charge in [0.2, 0.25) is 5.91 Å². The van der Waals surface area contributed by atoms with Gasteiger partial charge in [0.1, 0.15) is 0 Å². The summed E-state index contributed by atoms with van der Waals surface area (Å²) in [6.45, 7) is 1.65. The topological polar surface area (TPSA) is 50.4 Å². The summed E-state index contributed by atoms with van der Waals surface area (Å²) >= 11 is 0. The third-order valence-electron chi connectivity index (χ3n) is 3.43. The maximum atomic E-state index is 12.1. The van der Waals surface area contributed by atoms with Gasteiger partial charge in [-0.15, -0.1) is 0 Å². The molecular weight excluding hydrogens is 216 g/mol. The van der Waals surface area contributed by atoms with Gasteiger partial charge in [0.25, 0.3) is 0 Å². The van der Waals surface area contributed by atoms with Gasteiger partial charge in [-0.3, -0.25) is 4.79 Å². The van der Waals surface area contributed by atoms with Gasteiger partial charge in [0, 0.05) is 18.8 Å². The van der Waals surface area contributed by atoms with Crippen molar-refractivity contribution in [3.05, 3.63) is 30.3 Å². The lowest BCUT2D eigenvalue weighted by molar-refractivity contribution is -0.121. The van der Waals surface area contributed by atoms with Crippen LogP contribution in [0.15, 0.2) is 30.3 Å². The molecule has 2 fully saturated rings. The first kappa shape index (κ1) is 10.7. The maximum Gasteiger partial charge on any atom is 0.230 e. The van der Waals surface area contributed by atoms with Gasteiger partial charge in [0.15, 0.2) is 0 Å². The number of hydrogen-bond donors (Lipinski definition) is 2. The average Bonchev–Trinajstić information content (AvgIpc) is 2.65. The average molecular weight is 232 g/mol. The van der Waals surface area contributed by atoms with Crippen LogP contribution in [0.1, 0.15) is 6.42 Å². The number of amides is 1. The van der Waals surface area contributed by atoms with Crippen molar-refractivity contribution in [3.8, 4) is 0 Å². The number of carbonyl (C=O) groups is 1. The van der Waals surface area contributed by atoms with Crippen LogP contribution in [0.5, 0.6) is 0 Å². The molecule has 1 aromatic rings. The van der Waals surface area contributed by atoms with E-state index in [0.717, 1.165) is 25.2 Å². The zero-order valence-electron chi connectivity index (χ0n) is 9.56. The molecule has 2 N–H and O–H groups in total. The lowest BCUT2D eigenvalue weighted by atomic mass is 9.99. The van der Waals surface area contributed by atoms with Crippen molar-refractivity contribution in [1.82, 2.24) is 5.32 Å². The zero-order chi connectivity index (χ0) is 11.7. The smallest absolute Gasteiger partial charge is 0.230 e. The molecule has 0 saturated carbocycles. The molecule has 3 atom stereocenters. The van der Waals surface area contributed by atoms with E-state index in [2.05, 4.69) is 10.6 Å². The number of hydrogen-bond acceptors (Lipinski definition) is 3. The first-order valence-corrected chi connectivity index (χ1v) is 6.05. The zero-order valence-corrected chi connectivity index (χ0v) is 9.56. The summed E-state index contributed by atoms with van der Waals surface area (Å²) in [5.74, 6) is 0.0580. The minimum absolute atomic E-state index is 0.0183. The molecule has 17 heavy (non-hydrogen) atoms. The summed E-state index contributed by atoms with van der Waals surface area (Å²) in [6, 6.07) is 9.57. The first-order chi connectivity index (χ1) is 8.33. The van der Waals surface area contributed by atoms with E-state index in [0.29, 0.717) is 0 Å². The second kappa shape index (κ2) is 4.47. The number of anilines is 1. The van der Waals surface area contributed by atoms with Crippen LogP contribution < -0.4 is 10.6 Å². The highest BCUT2D eigenvalue weighted by Crippen LogP contribution is 2.29. The Balaban J connectivity index is 1.67. The highest BCUT2D eigenvalue weighted by Gasteiger charge is 2.41. The van der Waals surface area contributed by atoms with Crippen LogP contribution in [-0.4, -0.2) is 31.2 Å². The lowest BCUT2D eigenvalue weighted by Crippen LogP contribution is -2.41. The van der Waals surface area contributed by atoms with Gasteiger partial charge in [-0.05, 0) is 18.6 Å². The van der Waals surface area contributed by atoms with Gasteiger partial charge in [-0.25, -0.2) is 0 Å². The fraction of sp³-hybridized carbons (Fsp3) is 0.462. The molecular formula is C13H16N2O2. The van der Waals surface area contributed by atoms with Crippen molar-refractivity contribution >= 4 is 11.6 Å². The SMILES string of the molecule is O=C(Nc1ccccc1)[C@H]1C[C@@H]2CNC[C@H]1O2. The van der Waals surface area contributed by atoms with Crippen molar-refractivity contribution in [1.29, 1.82) is 0 Å². The van der Waals surface area contributed by atoms with E-state index in [1.807, 2.05) is 30.3 Å². The molecule has 0 radical (unpaired) electrons. The summed E-state index contributed by atoms with van der Waals surface area (Å²) in [6.07, 6.45) is 1.08. The van der Waals surface area contributed by atoms with Gasteiger partial charge < -0.3 is 15.4 Å². The Labute approximate surface area is 100 Å². The van der Waals surface area contributed by atoms with Gasteiger partial charge in [-0.2, -0.15) is 0 Å². The number of morpholine rings is 1. The molecule has 0 spiro atoms. The number of benzene rings is 1. The first-order valence-electron chi connectivity index (χ1n) is 6.05. The third kappa shape index (κ3) is 2.18. The molecule has 1 amide bonds. The minimum Gasteiger partial charge on any atom is -0.371 e. The lowest BCUT2D eigenvalue weighted by Gasteiger charge is -2.22. The van der Waals surface area contributed by atoms with Crippen LogP contribution in [0.2, 0.25) is 0 Å². The van der Waals surface area contributed by atoms with Crippen LogP contribution in [0, 0.1) is 5.92 Å². The van der Waals surface area contributed by atoms with Crippen LogP contribution in [0.25, 0.3) is 0 Å². The third-order valence-corrected chi connectivity index (χ3v) is 3.43. The summed E-state index contributed by atoms with van der Waals surface area (Å²) in [5, 5.41) is 6.24. The Morgan fingerprint density at radius 1 is 1.29 bits per heavy atom. The van der Waals surface area contributed by atoms with E-state index in [9.17, 15) is 4.79 Å². The van der Waals surface area contributed by atoms with Gasteiger partial charge >= 0.3 is 0 Å². The van der Waals surface area contributed by atoms with Crippen molar-refractivity contribution in [2.75, 3.05) is 18.4 Å². The molecule has 1 aromatic carbocycles. The summed E-state index contributed by atoms with van der Waals surface area (Å²) in [7, 11) is 0. The summed E-state index contributed by atoms with van der Waals surface area (Å²) in [5.41, 5.74) is 0.854. The standard InChI is InChI=1S/C13H16N2O2/c16-13(15-9-4-2-1-3-5-9)11-6-10-7-14-8-12(11)17-10/h1-5,10-12,14H,6-8H2,(H,15,16)/t10-,11+,12-/m1/s1. The number of rotatable bonds is 2. The normalized spacial score (nSPS) is 31.2. The molecule has 2 aliphatic rings. The fourth-order valence-corrected chi connectivity index (χ4v) is 2.57. The molecule has 3 rings (SSSR count). The molecule has 2 saturated heterocycles. The molecule has 4 nitrogen and oxygen atoms in total. The molecule has 2 aliphatic heterocycles. The van der Waals surface area contributed by atoms with E-state index < -0.39 is 0 Å². The fourth-order valence-electron chi connectivity index (χ4n) is 2.57.